The van der Waals surface area contributed by atoms with Crippen LogP contribution in [0.25, 0.3) is 6.08 Å². The molecule has 1 aromatic carbocycles. The number of allylic oxidation sites excluding steroid dienone is 2. The topological polar surface area (TPSA) is 26.3 Å². The van der Waals surface area contributed by atoms with E-state index in [4.69, 9.17) is 4.74 Å². The average molecular weight is 232 g/mol. The monoisotopic (exact) mass is 232 g/mol. The van der Waals surface area contributed by atoms with Crippen LogP contribution in [0, 0.1) is 0 Å². The van der Waals surface area contributed by atoms with Crippen LogP contribution in [0.2, 0.25) is 0 Å². The van der Waals surface area contributed by atoms with E-state index in [2.05, 4.69) is 0 Å². The number of carbonyl (C=O) groups is 1. The molecule has 2 nitrogen and oxygen atoms in total. The Balaban J connectivity index is 2.44. The number of fused-ring (bicyclic) bond motifs is 1. The van der Waals surface area contributed by atoms with Gasteiger partial charge in [0.2, 0.25) is 0 Å². The molecule has 0 bridgehead atoms. The third kappa shape index (κ3) is 2.44. The predicted molar refractivity (Wildman–Crippen MR) is 64.0 cm³/mol. The number of hydrogen-bond acceptors (Lipinski definition) is 2. The third-order valence-electron chi connectivity index (χ3n) is 2.61. The number of rotatable bonds is 2. The summed E-state index contributed by atoms with van der Waals surface area (Å²) in [6, 6.07) is 7.25. The van der Waals surface area contributed by atoms with Crippen molar-refractivity contribution in [1.29, 1.82) is 0 Å². The highest BCUT2D eigenvalue weighted by Crippen LogP contribution is 2.28. The zero-order valence-corrected chi connectivity index (χ0v) is 9.52. The summed E-state index contributed by atoms with van der Waals surface area (Å²) in [6.07, 6.45) is 4.27. The maximum absolute atomic E-state index is 13.4. The lowest BCUT2D eigenvalue weighted by molar-refractivity contribution is -0.143. The van der Waals surface area contributed by atoms with Gasteiger partial charge in [-0.2, -0.15) is 0 Å². The number of benzene rings is 1. The molecule has 0 aliphatic heterocycles. The van der Waals surface area contributed by atoms with Gasteiger partial charge < -0.3 is 4.74 Å². The maximum Gasteiger partial charge on any atom is 0.317 e. The molecule has 0 fully saturated rings. The first-order chi connectivity index (χ1) is 8.22. The Morgan fingerprint density at radius 2 is 2.18 bits per heavy atom. The van der Waals surface area contributed by atoms with Crippen LogP contribution in [0.15, 0.2) is 42.2 Å². The Morgan fingerprint density at radius 3 is 2.94 bits per heavy atom. The van der Waals surface area contributed by atoms with Crippen molar-refractivity contribution in [2.75, 3.05) is 6.61 Å². The second-order valence-corrected chi connectivity index (χ2v) is 3.75. The second kappa shape index (κ2) is 4.95. The van der Waals surface area contributed by atoms with E-state index in [9.17, 15) is 9.18 Å². The molecule has 0 aromatic heterocycles. The molecule has 1 aliphatic rings. The lowest BCUT2D eigenvalue weighted by atomic mass is 9.95. The SMILES string of the molecule is CCOC(=O)C1C=CC(F)=Cc2ccccc21. The van der Waals surface area contributed by atoms with Gasteiger partial charge in [-0.05, 0) is 30.2 Å². The molecule has 0 spiro atoms. The van der Waals surface area contributed by atoms with E-state index in [0.717, 1.165) is 5.56 Å². The Kier molecular flexibility index (Phi) is 3.38. The number of esters is 1. The van der Waals surface area contributed by atoms with E-state index in [0.29, 0.717) is 12.2 Å². The van der Waals surface area contributed by atoms with E-state index in [1.807, 2.05) is 18.2 Å². The van der Waals surface area contributed by atoms with E-state index in [1.54, 1.807) is 13.0 Å². The first kappa shape index (κ1) is 11.6. The highest BCUT2D eigenvalue weighted by molar-refractivity contribution is 5.83. The van der Waals surface area contributed by atoms with Crippen molar-refractivity contribution < 1.29 is 13.9 Å². The first-order valence-corrected chi connectivity index (χ1v) is 5.53. The minimum Gasteiger partial charge on any atom is -0.465 e. The van der Waals surface area contributed by atoms with Crippen LogP contribution in [-0.2, 0) is 9.53 Å². The van der Waals surface area contributed by atoms with Crippen LogP contribution >= 0.6 is 0 Å². The van der Waals surface area contributed by atoms with Crippen molar-refractivity contribution in [2.24, 2.45) is 0 Å². The molecule has 1 unspecified atom stereocenters. The largest absolute Gasteiger partial charge is 0.465 e. The smallest absolute Gasteiger partial charge is 0.317 e. The zero-order valence-electron chi connectivity index (χ0n) is 9.52. The minimum atomic E-state index is -0.532. The van der Waals surface area contributed by atoms with Crippen LogP contribution in [-0.4, -0.2) is 12.6 Å². The number of carbonyl (C=O) groups excluding carboxylic acids is 1. The fourth-order valence-corrected chi connectivity index (χ4v) is 1.85. The van der Waals surface area contributed by atoms with Crippen molar-refractivity contribution in [3.8, 4) is 0 Å². The van der Waals surface area contributed by atoms with Crippen molar-refractivity contribution in [3.63, 3.8) is 0 Å². The van der Waals surface area contributed by atoms with Gasteiger partial charge in [0.25, 0.3) is 0 Å². The van der Waals surface area contributed by atoms with Gasteiger partial charge in [-0.3, -0.25) is 4.79 Å². The molecule has 0 saturated heterocycles. The molecule has 1 atom stereocenters. The molecule has 17 heavy (non-hydrogen) atoms. The van der Waals surface area contributed by atoms with Gasteiger partial charge >= 0.3 is 5.97 Å². The van der Waals surface area contributed by atoms with Gasteiger partial charge in [-0.1, -0.05) is 30.3 Å². The van der Waals surface area contributed by atoms with Crippen molar-refractivity contribution in [2.45, 2.75) is 12.8 Å². The van der Waals surface area contributed by atoms with Crippen LogP contribution < -0.4 is 0 Å². The van der Waals surface area contributed by atoms with Gasteiger partial charge in [-0.15, -0.1) is 0 Å². The molecule has 1 aliphatic carbocycles. The molecule has 1 aromatic rings. The summed E-state index contributed by atoms with van der Waals surface area (Å²) in [5.74, 6) is -1.24. The molecule has 88 valence electrons. The molecule has 0 radical (unpaired) electrons. The summed E-state index contributed by atoms with van der Waals surface area (Å²) in [5, 5.41) is 0. The van der Waals surface area contributed by atoms with E-state index in [1.165, 1.54) is 18.2 Å². The van der Waals surface area contributed by atoms with Gasteiger partial charge in [0.15, 0.2) is 0 Å². The Bertz CT molecular complexity index is 489. The average Bonchev–Trinajstić information content (AvgIpc) is 2.47. The van der Waals surface area contributed by atoms with Crippen molar-refractivity contribution >= 4 is 12.0 Å². The Morgan fingerprint density at radius 1 is 1.41 bits per heavy atom. The lowest BCUT2D eigenvalue weighted by Crippen LogP contribution is -2.14. The zero-order chi connectivity index (χ0) is 12.3. The molecule has 0 saturated carbocycles. The fraction of sp³-hybridized carbons (Fsp3) is 0.214. The summed E-state index contributed by atoms with van der Waals surface area (Å²) >= 11 is 0. The summed E-state index contributed by atoms with van der Waals surface area (Å²) in [5.41, 5.74) is 1.49. The highest BCUT2D eigenvalue weighted by Gasteiger charge is 2.22. The van der Waals surface area contributed by atoms with Crippen molar-refractivity contribution in [3.05, 3.63) is 53.4 Å². The maximum atomic E-state index is 13.4. The highest BCUT2D eigenvalue weighted by atomic mass is 19.1. The van der Waals surface area contributed by atoms with Crippen LogP contribution in [0.5, 0.6) is 0 Å². The first-order valence-electron chi connectivity index (χ1n) is 5.53. The van der Waals surface area contributed by atoms with E-state index >= 15 is 0 Å². The minimum absolute atomic E-state index is 0.321. The molecule has 2 rings (SSSR count). The molecular formula is C14H13FO2. The van der Waals surface area contributed by atoms with Gasteiger partial charge in [0.1, 0.15) is 11.7 Å². The Hall–Kier alpha value is -1.90. The summed E-state index contributed by atoms with van der Waals surface area (Å²) in [7, 11) is 0. The fourth-order valence-electron chi connectivity index (χ4n) is 1.85. The van der Waals surface area contributed by atoms with E-state index < -0.39 is 5.92 Å². The van der Waals surface area contributed by atoms with Gasteiger partial charge in [-0.25, -0.2) is 4.39 Å². The summed E-state index contributed by atoms with van der Waals surface area (Å²) < 4.78 is 18.4. The molecule has 0 amide bonds. The number of halogens is 1. The van der Waals surface area contributed by atoms with Gasteiger partial charge in [0.05, 0.1) is 6.61 Å². The summed E-state index contributed by atoms with van der Waals surface area (Å²) in [4.78, 5) is 11.8. The quantitative estimate of drug-likeness (QED) is 0.732. The Labute approximate surface area is 99.4 Å². The van der Waals surface area contributed by atoms with Crippen LogP contribution in [0.3, 0.4) is 0 Å². The normalized spacial score (nSPS) is 18.0. The van der Waals surface area contributed by atoms with E-state index in [-0.39, 0.29) is 11.8 Å². The molecule has 3 heteroatoms. The molecule has 0 N–H and O–H groups in total. The molecular weight excluding hydrogens is 219 g/mol. The lowest BCUT2D eigenvalue weighted by Gasteiger charge is -2.13. The van der Waals surface area contributed by atoms with Crippen LogP contribution in [0.4, 0.5) is 4.39 Å². The number of ether oxygens (including phenoxy) is 1. The molecule has 0 heterocycles. The predicted octanol–water partition coefficient (Wildman–Crippen LogP) is 3.21. The van der Waals surface area contributed by atoms with Gasteiger partial charge in [0, 0.05) is 0 Å². The number of hydrogen-bond donors (Lipinski definition) is 0. The standard InChI is InChI=1S/C14H13FO2/c1-2-17-14(16)13-8-7-11(15)9-10-5-3-4-6-12(10)13/h3-9,13H,2H2,1H3. The van der Waals surface area contributed by atoms with Crippen molar-refractivity contribution in [1.82, 2.24) is 0 Å². The summed E-state index contributed by atoms with van der Waals surface area (Å²) in [6.45, 7) is 2.07. The third-order valence-corrected chi connectivity index (χ3v) is 2.61. The van der Waals surface area contributed by atoms with Crippen LogP contribution in [0.1, 0.15) is 24.0 Å². The second-order valence-electron chi connectivity index (χ2n) is 3.75.